The number of allylic oxidation sites excluding steroid dienone is 7. The summed E-state index contributed by atoms with van der Waals surface area (Å²) in [5.41, 5.74) is 4.42. The van der Waals surface area contributed by atoms with Crippen LogP contribution >= 0.6 is 0 Å². The molecule has 2 aromatic carbocycles. The van der Waals surface area contributed by atoms with Gasteiger partial charge in [0.05, 0.1) is 34.5 Å². The Labute approximate surface area is 322 Å². The number of carboxylic acid groups (broad SMARTS) is 1. The first kappa shape index (κ1) is 42.0. The highest BCUT2D eigenvalue weighted by atomic mass is 32.2. The Morgan fingerprint density at radius 3 is 2.09 bits per heavy atom. The molecule has 5 rings (SSSR count). The number of hydrogen-bond donors (Lipinski definition) is 4. The van der Waals surface area contributed by atoms with Gasteiger partial charge in [0.25, 0.3) is 30.4 Å². The van der Waals surface area contributed by atoms with Gasteiger partial charge in [-0.3, -0.25) is 18.5 Å². The number of carboxylic acids is 1. The van der Waals surface area contributed by atoms with Crippen LogP contribution in [0.1, 0.15) is 77.3 Å². The third-order valence-corrected chi connectivity index (χ3v) is 13.0. The second-order valence-electron chi connectivity index (χ2n) is 14.9. The molecule has 2 aromatic rings. The molecule has 0 amide bonds. The first-order chi connectivity index (χ1) is 25.5. The maximum absolute atomic E-state index is 12.1. The average Bonchev–Trinajstić information content (AvgIpc) is 3.43. The van der Waals surface area contributed by atoms with E-state index < -0.39 is 52.9 Å². The molecule has 0 aromatic heterocycles. The number of hydrogen-bond acceptors (Lipinski definition) is 9. The molecule has 55 heavy (non-hydrogen) atoms. The standard InChI is InChI=1S/C38H46N2O12S3/c1-37(2)29-23-27(54(46,47)48)13-15-31(29)39(20-6-7-22-53(43,44)45)33(37)17-11-25-9-8-10-26(36(25)52-5)12-18-34-38(3,4)30-24-28(55(49,50)51)14-16-32(30)40(34)21-19-35(41)42/h11-18,23-24H,6-10,19-22H2,1-5H3,(H3-,41,42,43,44,45,46,47,48,49,50,51)/p+1. The predicted octanol–water partition coefficient (Wildman–Crippen LogP) is 5.95. The Morgan fingerprint density at radius 2 is 1.49 bits per heavy atom. The second kappa shape index (κ2) is 15.4. The van der Waals surface area contributed by atoms with E-state index in [0.717, 1.165) is 29.0 Å². The number of benzene rings is 2. The molecule has 1 aliphatic carbocycles. The number of fused-ring (bicyclic) bond motifs is 2. The van der Waals surface area contributed by atoms with E-state index in [1.54, 1.807) is 19.2 Å². The molecular weight excluding hydrogens is 773 g/mol. The molecule has 17 heteroatoms. The lowest BCUT2D eigenvalue weighted by atomic mass is 9.81. The van der Waals surface area contributed by atoms with Crippen LogP contribution in [0.2, 0.25) is 0 Å². The van der Waals surface area contributed by atoms with Gasteiger partial charge in [0.1, 0.15) is 12.3 Å². The summed E-state index contributed by atoms with van der Waals surface area (Å²) >= 11 is 0. The summed E-state index contributed by atoms with van der Waals surface area (Å²) in [5.74, 6) is -0.750. The largest absolute Gasteiger partial charge is 0.496 e. The number of rotatable bonds is 14. The van der Waals surface area contributed by atoms with Crippen molar-refractivity contribution in [2.45, 2.75) is 86.8 Å². The summed E-state index contributed by atoms with van der Waals surface area (Å²) in [6.07, 6.45) is 10.3. The lowest BCUT2D eigenvalue weighted by Gasteiger charge is -2.27. The van der Waals surface area contributed by atoms with Crippen molar-refractivity contribution < 1.29 is 58.1 Å². The van der Waals surface area contributed by atoms with Gasteiger partial charge in [-0.15, -0.1) is 0 Å². The number of unbranched alkanes of at least 4 members (excludes halogenated alkanes) is 1. The van der Waals surface area contributed by atoms with Gasteiger partial charge in [0.2, 0.25) is 5.69 Å². The third kappa shape index (κ3) is 8.97. The molecule has 0 radical (unpaired) electrons. The highest BCUT2D eigenvalue weighted by Crippen LogP contribution is 2.49. The molecule has 0 unspecified atom stereocenters. The van der Waals surface area contributed by atoms with E-state index in [-0.39, 0.29) is 29.2 Å². The zero-order valence-corrected chi connectivity index (χ0v) is 33.8. The number of aliphatic carboxylic acids is 1. The summed E-state index contributed by atoms with van der Waals surface area (Å²) in [5, 5.41) is 9.51. The lowest BCUT2D eigenvalue weighted by molar-refractivity contribution is -0.438. The summed E-state index contributed by atoms with van der Waals surface area (Å²) in [6.45, 7) is 8.16. The zero-order chi connectivity index (χ0) is 40.7. The molecule has 14 nitrogen and oxygen atoms in total. The van der Waals surface area contributed by atoms with Crippen LogP contribution in [0.5, 0.6) is 0 Å². The van der Waals surface area contributed by atoms with Gasteiger partial charge < -0.3 is 14.7 Å². The molecule has 0 fully saturated rings. The fourth-order valence-corrected chi connectivity index (χ4v) is 9.30. The van der Waals surface area contributed by atoms with E-state index in [9.17, 15) is 48.8 Å². The zero-order valence-electron chi connectivity index (χ0n) is 31.3. The van der Waals surface area contributed by atoms with Crippen molar-refractivity contribution in [1.29, 1.82) is 0 Å². The van der Waals surface area contributed by atoms with Crippen molar-refractivity contribution in [3.05, 3.63) is 94.4 Å². The average molecular weight is 820 g/mol. The SMILES string of the molecule is COC1=C(/C=C/C2=[N+](CCCCS(=O)(=O)O)c3ccc(S(=O)(=O)O)cc3C2(C)C)CCC/C1=C\C=C1\N(CCC(=O)O)c2ccc(S(=O)(=O)O)cc2C1(C)C. The smallest absolute Gasteiger partial charge is 0.305 e. The van der Waals surface area contributed by atoms with E-state index in [1.165, 1.54) is 24.3 Å². The van der Waals surface area contributed by atoms with Crippen LogP contribution in [0.4, 0.5) is 11.4 Å². The summed E-state index contributed by atoms with van der Waals surface area (Å²) in [7, 11) is -11.5. The molecule has 3 aliphatic rings. The topological polar surface area (TPSA) is 216 Å². The number of ether oxygens (including phenoxy) is 1. The molecule has 0 saturated carbocycles. The molecule has 0 saturated heterocycles. The maximum atomic E-state index is 12.1. The highest BCUT2D eigenvalue weighted by molar-refractivity contribution is 7.86. The first-order valence-electron chi connectivity index (χ1n) is 17.7. The van der Waals surface area contributed by atoms with Gasteiger partial charge in [-0.1, -0.05) is 19.9 Å². The van der Waals surface area contributed by atoms with E-state index in [4.69, 9.17) is 4.74 Å². The van der Waals surface area contributed by atoms with Crippen LogP contribution in [-0.4, -0.2) is 86.2 Å². The summed E-state index contributed by atoms with van der Waals surface area (Å²) in [4.78, 5) is 13.0. The van der Waals surface area contributed by atoms with Crippen LogP contribution in [0.15, 0.2) is 93.1 Å². The Bertz CT molecular complexity index is 2400. The van der Waals surface area contributed by atoms with Gasteiger partial charge >= 0.3 is 5.97 Å². The molecule has 0 atom stereocenters. The molecule has 2 heterocycles. The minimum Gasteiger partial charge on any atom is -0.496 e. The minimum atomic E-state index is -4.48. The van der Waals surface area contributed by atoms with Crippen LogP contribution in [0.25, 0.3) is 0 Å². The van der Waals surface area contributed by atoms with Crippen LogP contribution in [-0.2, 0) is 50.7 Å². The van der Waals surface area contributed by atoms with Crippen molar-refractivity contribution in [2.75, 3.05) is 30.9 Å². The highest BCUT2D eigenvalue weighted by Gasteiger charge is 2.45. The van der Waals surface area contributed by atoms with Gasteiger partial charge in [-0.05, 0) is 98.7 Å². The van der Waals surface area contributed by atoms with Crippen molar-refractivity contribution in [2.24, 2.45) is 0 Å². The van der Waals surface area contributed by atoms with Crippen molar-refractivity contribution in [1.82, 2.24) is 0 Å². The van der Waals surface area contributed by atoms with Crippen molar-refractivity contribution in [3.63, 3.8) is 0 Å². The second-order valence-corrected chi connectivity index (χ2v) is 19.3. The minimum absolute atomic E-state index is 0.127. The molecular formula is C38H47N2O12S3+. The molecule has 0 bridgehead atoms. The van der Waals surface area contributed by atoms with Gasteiger partial charge in [-0.2, -0.15) is 29.8 Å². The van der Waals surface area contributed by atoms with E-state index in [2.05, 4.69) is 0 Å². The first-order valence-corrected chi connectivity index (χ1v) is 22.2. The number of anilines is 1. The van der Waals surface area contributed by atoms with Crippen molar-refractivity contribution >= 4 is 53.4 Å². The monoisotopic (exact) mass is 819 g/mol. The number of nitrogens with zero attached hydrogens (tertiary/aromatic N) is 2. The predicted molar refractivity (Wildman–Crippen MR) is 207 cm³/mol. The Kier molecular flexibility index (Phi) is 11.8. The van der Waals surface area contributed by atoms with E-state index in [0.29, 0.717) is 54.1 Å². The van der Waals surface area contributed by atoms with E-state index >= 15 is 0 Å². The lowest BCUT2D eigenvalue weighted by Crippen LogP contribution is -2.28. The maximum Gasteiger partial charge on any atom is 0.305 e. The molecule has 0 spiro atoms. The van der Waals surface area contributed by atoms with Gasteiger partial charge in [0.15, 0.2) is 5.71 Å². The van der Waals surface area contributed by atoms with Crippen molar-refractivity contribution in [3.8, 4) is 0 Å². The number of carbonyl (C=O) groups is 1. The quantitative estimate of drug-likeness (QED) is 0.0987. The normalized spacial score (nSPS) is 19.8. The Hall–Kier alpha value is -4.13. The van der Waals surface area contributed by atoms with Gasteiger partial charge in [0, 0.05) is 47.5 Å². The Balaban J connectivity index is 1.56. The fraction of sp³-hybridized carbons (Fsp3) is 0.421. The van der Waals surface area contributed by atoms with Crippen LogP contribution in [0, 0.1) is 0 Å². The Morgan fingerprint density at radius 1 is 0.855 bits per heavy atom. The van der Waals surface area contributed by atoms with E-state index in [1.807, 2.05) is 61.5 Å². The van der Waals surface area contributed by atoms with Crippen LogP contribution < -0.4 is 4.90 Å². The summed E-state index contributed by atoms with van der Waals surface area (Å²) in [6, 6.07) is 8.66. The molecule has 4 N–H and O–H groups in total. The summed E-state index contributed by atoms with van der Waals surface area (Å²) < 4.78 is 108. The third-order valence-electron chi connectivity index (χ3n) is 10.5. The molecule has 298 valence electrons. The van der Waals surface area contributed by atoms with Gasteiger partial charge in [-0.25, -0.2) is 0 Å². The number of methoxy groups -OCH3 is 1. The fourth-order valence-electron chi connectivity index (χ4n) is 7.72. The van der Waals surface area contributed by atoms with Crippen LogP contribution in [0.3, 0.4) is 0 Å². The molecule has 2 aliphatic heterocycles.